The molecule has 4 aromatic rings. The van der Waals surface area contributed by atoms with Crippen molar-refractivity contribution in [3.8, 4) is 22.3 Å². The number of rotatable bonds is 6. The zero-order valence-electron chi connectivity index (χ0n) is 16.7. The Kier molecular flexibility index (Phi) is 5.50. The Morgan fingerprint density at radius 2 is 2.17 bits per heavy atom. The Bertz CT molecular complexity index is 1250. The SMILES string of the molecule is CCOc1cc(C(=O)N(C)Cc2cccc3cn[nH]c23)ccc1-c1cc(C#N)cs1. The maximum atomic E-state index is 13.1. The predicted octanol–water partition coefficient (Wildman–Crippen LogP) is 4.83. The molecule has 2 aromatic carbocycles. The number of fused-ring (bicyclic) bond motifs is 1. The van der Waals surface area contributed by atoms with Gasteiger partial charge >= 0.3 is 0 Å². The zero-order chi connectivity index (χ0) is 21.1. The first kappa shape index (κ1) is 19.7. The second-order valence-electron chi connectivity index (χ2n) is 6.87. The smallest absolute Gasteiger partial charge is 0.254 e. The molecule has 30 heavy (non-hydrogen) atoms. The number of nitrogens with one attached hydrogen (secondary N) is 1. The number of aromatic nitrogens is 2. The molecule has 0 spiro atoms. The Hall–Kier alpha value is -3.63. The van der Waals surface area contributed by atoms with Gasteiger partial charge in [0.05, 0.1) is 23.9 Å². The lowest BCUT2D eigenvalue weighted by molar-refractivity contribution is 0.0785. The molecule has 4 rings (SSSR count). The predicted molar refractivity (Wildman–Crippen MR) is 118 cm³/mol. The zero-order valence-corrected chi connectivity index (χ0v) is 17.5. The second-order valence-corrected chi connectivity index (χ2v) is 7.78. The van der Waals surface area contributed by atoms with E-state index in [-0.39, 0.29) is 5.91 Å². The van der Waals surface area contributed by atoms with Gasteiger partial charge < -0.3 is 9.64 Å². The summed E-state index contributed by atoms with van der Waals surface area (Å²) in [5, 5.41) is 19.0. The maximum absolute atomic E-state index is 13.1. The van der Waals surface area contributed by atoms with Crippen molar-refractivity contribution in [3.63, 3.8) is 0 Å². The van der Waals surface area contributed by atoms with Crippen molar-refractivity contribution in [2.45, 2.75) is 13.5 Å². The minimum atomic E-state index is -0.0945. The van der Waals surface area contributed by atoms with E-state index in [1.54, 1.807) is 30.3 Å². The Labute approximate surface area is 178 Å². The number of thiophene rings is 1. The minimum absolute atomic E-state index is 0.0945. The highest BCUT2D eigenvalue weighted by Gasteiger charge is 2.17. The van der Waals surface area contributed by atoms with Crippen LogP contribution in [0.25, 0.3) is 21.3 Å². The number of hydrogen-bond donors (Lipinski definition) is 1. The standard InChI is InChI=1S/C23H20N4O2S/c1-3-29-20-10-16(7-8-19(20)21-9-15(11-24)14-30-21)23(28)27(2)13-18-6-4-5-17-12-25-26-22(17)18/h4-10,12,14H,3,13H2,1-2H3,(H,25,26). The van der Waals surface area contributed by atoms with E-state index in [1.165, 1.54) is 11.3 Å². The summed E-state index contributed by atoms with van der Waals surface area (Å²) in [6, 6.07) is 15.4. The molecule has 2 aromatic heterocycles. The molecule has 6 nitrogen and oxygen atoms in total. The number of para-hydroxylation sites is 1. The van der Waals surface area contributed by atoms with Gasteiger partial charge in [-0.1, -0.05) is 18.2 Å². The lowest BCUT2D eigenvalue weighted by Gasteiger charge is -2.19. The largest absolute Gasteiger partial charge is 0.493 e. The molecule has 0 aliphatic carbocycles. The van der Waals surface area contributed by atoms with Crippen LogP contribution in [0.15, 0.2) is 54.0 Å². The van der Waals surface area contributed by atoms with E-state index in [2.05, 4.69) is 16.3 Å². The van der Waals surface area contributed by atoms with E-state index in [0.717, 1.165) is 26.9 Å². The average Bonchev–Trinajstić information content (AvgIpc) is 3.43. The molecule has 0 saturated heterocycles. The lowest BCUT2D eigenvalue weighted by Crippen LogP contribution is -2.26. The van der Waals surface area contributed by atoms with E-state index in [1.807, 2.05) is 42.6 Å². The molecule has 0 aliphatic rings. The van der Waals surface area contributed by atoms with Gasteiger partial charge in [0.1, 0.15) is 11.8 Å². The number of nitriles is 1. The van der Waals surface area contributed by atoms with Gasteiger partial charge in [0.25, 0.3) is 5.91 Å². The van der Waals surface area contributed by atoms with Gasteiger partial charge in [0.15, 0.2) is 0 Å². The van der Waals surface area contributed by atoms with E-state index in [0.29, 0.717) is 30.0 Å². The number of ether oxygens (including phenoxy) is 1. The number of nitrogens with zero attached hydrogens (tertiary/aromatic N) is 3. The van der Waals surface area contributed by atoms with E-state index < -0.39 is 0 Å². The summed E-state index contributed by atoms with van der Waals surface area (Å²) in [7, 11) is 1.78. The van der Waals surface area contributed by atoms with Gasteiger partial charge in [-0.3, -0.25) is 9.89 Å². The van der Waals surface area contributed by atoms with E-state index >= 15 is 0 Å². The molecule has 0 radical (unpaired) electrons. The van der Waals surface area contributed by atoms with Crippen LogP contribution in [0.5, 0.6) is 5.75 Å². The van der Waals surface area contributed by atoms with Gasteiger partial charge in [-0.05, 0) is 36.8 Å². The summed E-state index contributed by atoms with van der Waals surface area (Å²) in [6.45, 7) is 2.85. The maximum Gasteiger partial charge on any atom is 0.254 e. The molecule has 150 valence electrons. The van der Waals surface area contributed by atoms with E-state index in [4.69, 9.17) is 10.00 Å². The summed E-state index contributed by atoms with van der Waals surface area (Å²) in [4.78, 5) is 15.7. The van der Waals surface area contributed by atoms with Crippen molar-refractivity contribution in [1.82, 2.24) is 15.1 Å². The molecule has 1 amide bonds. The van der Waals surface area contributed by atoms with Crippen molar-refractivity contribution >= 4 is 28.1 Å². The van der Waals surface area contributed by atoms with Crippen LogP contribution in [-0.4, -0.2) is 34.7 Å². The van der Waals surface area contributed by atoms with Gasteiger partial charge in [0, 0.05) is 40.4 Å². The molecule has 0 unspecified atom stereocenters. The van der Waals surface area contributed by atoms with Crippen LogP contribution < -0.4 is 4.74 Å². The summed E-state index contributed by atoms with van der Waals surface area (Å²) >= 11 is 1.48. The van der Waals surface area contributed by atoms with Crippen LogP contribution in [0.3, 0.4) is 0 Å². The van der Waals surface area contributed by atoms with Crippen LogP contribution in [0.1, 0.15) is 28.4 Å². The molecule has 2 heterocycles. The normalized spacial score (nSPS) is 10.7. The van der Waals surface area contributed by atoms with Crippen LogP contribution >= 0.6 is 11.3 Å². The first-order chi connectivity index (χ1) is 14.6. The molecular weight excluding hydrogens is 396 g/mol. The van der Waals surface area contributed by atoms with Crippen molar-refractivity contribution in [2.24, 2.45) is 0 Å². The van der Waals surface area contributed by atoms with Crippen LogP contribution in [-0.2, 0) is 6.54 Å². The van der Waals surface area contributed by atoms with Crippen LogP contribution in [0.2, 0.25) is 0 Å². The van der Waals surface area contributed by atoms with E-state index in [9.17, 15) is 4.79 Å². The molecular formula is C23H20N4O2S. The lowest BCUT2D eigenvalue weighted by atomic mass is 10.1. The fourth-order valence-corrected chi connectivity index (χ4v) is 4.25. The number of benzene rings is 2. The molecule has 0 atom stereocenters. The number of carbonyl (C=O) groups excluding carboxylic acids is 1. The third kappa shape index (κ3) is 3.78. The van der Waals surface area contributed by atoms with Crippen LogP contribution in [0.4, 0.5) is 0 Å². The fraction of sp³-hybridized carbons (Fsp3) is 0.174. The molecule has 0 aliphatic heterocycles. The topological polar surface area (TPSA) is 82.0 Å². The minimum Gasteiger partial charge on any atom is -0.493 e. The van der Waals surface area contributed by atoms with Crippen molar-refractivity contribution in [3.05, 3.63) is 70.7 Å². The van der Waals surface area contributed by atoms with Crippen molar-refractivity contribution in [2.75, 3.05) is 13.7 Å². The first-order valence-corrected chi connectivity index (χ1v) is 10.4. The highest BCUT2D eigenvalue weighted by molar-refractivity contribution is 7.13. The van der Waals surface area contributed by atoms with Crippen molar-refractivity contribution < 1.29 is 9.53 Å². The number of amides is 1. The van der Waals surface area contributed by atoms with Crippen LogP contribution in [0, 0.1) is 11.3 Å². The van der Waals surface area contributed by atoms with Gasteiger partial charge in [-0.25, -0.2) is 0 Å². The van der Waals surface area contributed by atoms with Gasteiger partial charge in [-0.2, -0.15) is 10.4 Å². The summed E-state index contributed by atoms with van der Waals surface area (Å²) in [5.74, 6) is 0.543. The molecule has 7 heteroatoms. The highest BCUT2D eigenvalue weighted by Crippen LogP contribution is 2.35. The Balaban J connectivity index is 1.61. The summed E-state index contributed by atoms with van der Waals surface area (Å²) < 4.78 is 5.81. The third-order valence-electron chi connectivity index (χ3n) is 4.84. The monoisotopic (exact) mass is 416 g/mol. The van der Waals surface area contributed by atoms with Gasteiger partial charge in [0.2, 0.25) is 0 Å². The van der Waals surface area contributed by atoms with Crippen molar-refractivity contribution in [1.29, 1.82) is 5.26 Å². The third-order valence-corrected chi connectivity index (χ3v) is 5.80. The quantitative estimate of drug-likeness (QED) is 0.488. The first-order valence-electron chi connectivity index (χ1n) is 9.53. The number of carbonyl (C=O) groups is 1. The Morgan fingerprint density at radius 3 is 2.93 bits per heavy atom. The summed E-state index contributed by atoms with van der Waals surface area (Å²) in [6.07, 6.45) is 1.77. The molecule has 0 saturated carbocycles. The Morgan fingerprint density at radius 1 is 1.30 bits per heavy atom. The number of aromatic amines is 1. The second kappa shape index (κ2) is 8.39. The summed E-state index contributed by atoms with van der Waals surface area (Å²) in [5.41, 5.74) is 3.99. The fourth-order valence-electron chi connectivity index (χ4n) is 3.38. The number of hydrogen-bond acceptors (Lipinski definition) is 5. The van der Waals surface area contributed by atoms with Gasteiger partial charge in [-0.15, -0.1) is 11.3 Å². The molecule has 1 N–H and O–H groups in total. The molecule has 0 fully saturated rings. The average molecular weight is 417 g/mol. The highest BCUT2D eigenvalue weighted by atomic mass is 32.1. The number of H-pyrrole nitrogens is 1. The molecule has 0 bridgehead atoms.